The van der Waals surface area contributed by atoms with Crippen LogP contribution in [0, 0.1) is 5.92 Å². The molecule has 1 aliphatic carbocycles. The maximum Gasteiger partial charge on any atom is 0.263 e. The number of anilines is 1. The summed E-state index contributed by atoms with van der Waals surface area (Å²) in [5.74, 6) is 1.23. The summed E-state index contributed by atoms with van der Waals surface area (Å²) in [4.78, 5) is 18.6. The molecule has 2 heterocycles. The number of rotatable bonds is 3. The van der Waals surface area contributed by atoms with Gasteiger partial charge in [0.1, 0.15) is 5.39 Å². The summed E-state index contributed by atoms with van der Waals surface area (Å²) < 4.78 is 0. The smallest absolute Gasteiger partial charge is 0.263 e. The van der Waals surface area contributed by atoms with Gasteiger partial charge in [0, 0.05) is 6.04 Å². The van der Waals surface area contributed by atoms with E-state index in [9.17, 15) is 4.79 Å². The van der Waals surface area contributed by atoms with E-state index in [0.717, 1.165) is 0 Å². The van der Waals surface area contributed by atoms with Gasteiger partial charge >= 0.3 is 0 Å². The first-order chi connectivity index (χ1) is 7.74. The van der Waals surface area contributed by atoms with E-state index < -0.39 is 0 Å². The SMILES string of the molecule is CC(Nc1nc2[nH]ncc2c(=O)[nH]1)C1CC1. The minimum atomic E-state index is -0.163. The van der Waals surface area contributed by atoms with E-state index in [0.29, 0.717) is 28.9 Å². The number of aromatic amines is 2. The highest BCUT2D eigenvalue weighted by Gasteiger charge is 2.28. The zero-order chi connectivity index (χ0) is 11.1. The predicted octanol–water partition coefficient (Wildman–Crippen LogP) is 0.857. The van der Waals surface area contributed by atoms with Crippen LogP contribution < -0.4 is 10.9 Å². The molecule has 0 aliphatic heterocycles. The van der Waals surface area contributed by atoms with Gasteiger partial charge in [0.2, 0.25) is 5.95 Å². The van der Waals surface area contributed by atoms with Crippen LogP contribution in [0.2, 0.25) is 0 Å². The lowest BCUT2D eigenvalue weighted by atomic mass is 10.2. The van der Waals surface area contributed by atoms with Crippen molar-refractivity contribution in [3.63, 3.8) is 0 Å². The number of fused-ring (bicyclic) bond motifs is 1. The van der Waals surface area contributed by atoms with Gasteiger partial charge in [-0.25, -0.2) is 0 Å². The van der Waals surface area contributed by atoms with Crippen molar-refractivity contribution in [2.75, 3.05) is 5.32 Å². The summed E-state index contributed by atoms with van der Waals surface area (Å²) >= 11 is 0. The molecule has 3 rings (SSSR count). The Balaban J connectivity index is 1.94. The number of aromatic nitrogens is 4. The third-order valence-corrected chi connectivity index (χ3v) is 3.01. The zero-order valence-electron chi connectivity index (χ0n) is 8.95. The Morgan fingerprint density at radius 2 is 2.38 bits per heavy atom. The highest BCUT2D eigenvalue weighted by molar-refractivity contribution is 5.73. The van der Waals surface area contributed by atoms with Gasteiger partial charge in [0.25, 0.3) is 5.56 Å². The van der Waals surface area contributed by atoms with Gasteiger partial charge in [-0.2, -0.15) is 10.1 Å². The summed E-state index contributed by atoms with van der Waals surface area (Å²) in [5, 5.41) is 10.2. The van der Waals surface area contributed by atoms with Crippen molar-refractivity contribution in [1.82, 2.24) is 20.2 Å². The number of hydrogen-bond acceptors (Lipinski definition) is 4. The zero-order valence-corrected chi connectivity index (χ0v) is 8.95. The molecule has 2 aromatic rings. The molecule has 0 aromatic carbocycles. The van der Waals surface area contributed by atoms with Crippen molar-refractivity contribution < 1.29 is 0 Å². The molecule has 0 saturated heterocycles. The molecule has 1 saturated carbocycles. The lowest BCUT2D eigenvalue weighted by molar-refractivity contribution is 0.686. The number of hydrogen-bond donors (Lipinski definition) is 3. The molecule has 1 atom stereocenters. The number of nitrogens with zero attached hydrogens (tertiary/aromatic N) is 2. The van der Waals surface area contributed by atoms with Crippen LogP contribution in [0.1, 0.15) is 19.8 Å². The summed E-state index contributed by atoms with van der Waals surface area (Å²) in [5.41, 5.74) is 0.360. The molecule has 1 fully saturated rings. The Morgan fingerprint density at radius 3 is 3.12 bits per heavy atom. The van der Waals surface area contributed by atoms with E-state index in [1.54, 1.807) is 0 Å². The van der Waals surface area contributed by atoms with Crippen LogP contribution in [-0.4, -0.2) is 26.2 Å². The van der Waals surface area contributed by atoms with Crippen molar-refractivity contribution >= 4 is 17.0 Å². The van der Waals surface area contributed by atoms with Crippen LogP contribution in [0.25, 0.3) is 11.0 Å². The summed E-state index contributed by atoms with van der Waals surface area (Å²) in [6.07, 6.45) is 3.99. The Hall–Kier alpha value is -1.85. The van der Waals surface area contributed by atoms with Crippen LogP contribution in [0.3, 0.4) is 0 Å². The van der Waals surface area contributed by atoms with Crippen molar-refractivity contribution in [1.29, 1.82) is 0 Å². The van der Waals surface area contributed by atoms with Crippen LogP contribution in [0.5, 0.6) is 0 Å². The number of H-pyrrole nitrogens is 2. The molecule has 16 heavy (non-hydrogen) atoms. The molecule has 0 bridgehead atoms. The molecule has 6 heteroatoms. The van der Waals surface area contributed by atoms with Crippen molar-refractivity contribution in [3.8, 4) is 0 Å². The molecule has 3 N–H and O–H groups in total. The largest absolute Gasteiger partial charge is 0.353 e. The van der Waals surface area contributed by atoms with Crippen LogP contribution >= 0.6 is 0 Å². The maximum absolute atomic E-state index is 11.6. The first-order valence-corrected chi connectivity index (χ1v) is 5.44. The minimum absolute atomic E-state index is 0.163. The monoisotopic (exact) mass is 219 g/mol. The van der Waals surface area contributed by atoms with Crippen molar-refractivity contribution in [3.05, 3.63) is 16.6 Å². The molecule has 0 amide bonds. The topological polar surface area (TPSA) is 86.5 Å². The van der Waals surface area contributed by atoms with Crippen LogP contribution in [-0.2, 0) is 0 Å². The van der Waals surface area contributed by atoms with E-state index >= 15 is 0 Å². The fraction of sp³-hybridized carbons (Fsp3) is 0.500. The van der Waals surface area contributed by atoms with Crippen molar-refractivity contribution in [2.24, 2.45) is 5.92 Å². The molecule has 1 aliphatic rings. The highest BCUT2D eigenvalue weighted by atomic mass is 16.1. The lowest BCUT2D eigenvalue weighted by Gasteiger charge is -2.12. The molecule has 6 nitrogen and oxygen atoms in total. The third-order valence-electron chi connectivity index (χ3n) is 3.01. The number of nitrogens with one attached hydrogen (secondary N) is 3. The van der Waals surface area contributed by atoms with Crippen molar-refractivity contribution in [2.45, 2.75) is 25.8 Å². The Bertz CT molecular complexity index is 568. The second-order valence-corrected chi connectivity index (χ2v) is 4.32. The van der Waals surface area contributed by atoms with Gasteiger partial charge in [-0.15, -0.1) is 0 Å². The van der Waals surface area contributed by atoms with Crippen LogP contribution in [0.4, 0.5) is 5.95 Å². The van der Waals surface area contributed by atoms with E-state index in [1.807, 2.05) is 0 Å². The maximum atomic E-state index is 11.6. The second kappa shape index (κ2) is 3.33. The molecule has 0 spiro atoms. The van der Waals surface area contributed by atoms with E-state index in [1.165, 1.54) is 19.0 Å². The standard InChI is InChI=1S/C10H13N5O/c1-5(6-2-3-6)12-10-13-8-7(4-11-15-8)9(16)14-10/h4-6H,2-3H2,1H3,(H3,11,12,13,14,15,16). The van der Waals surface area contributed by atoms with Gasteiger partial charge in [0.05, 0.1) is 6.20 Å². The second-order valence-electron chi connectivity index (χ2n) is 4.32. The fourth-order valence-electron chi connectivity index (χ4n) is 1.84. The van der Waals surface area contributed by atoms with Gasteiger partial charge in [-0.05, 0) is 25.7 Å². The van der Waals surface area contributed by atoms with Gasteiger partial charge in [0.15, 0.2) is 5.65 Å². The van der Waals surface area contributed by atoms with Gasteiger partial charge in [-0.1, -0.05) is 0 Å². The van der Waals surface area contributed by atoms with E-state index in [-0.39, 0.29) is 5.56 Å². The quantitative estimate of drug-likeness (QED) is 0.714. The fourth-order valence-corrected chi connectivity index (χ4v) is 1.84. The first-order valence-electron chi connectivity index (χ1n) is 5.44. The predicted molar refractivity (Wildman–Crippen MR) is 60.3 cm³/mol. The summed E-state index contributed by atoms with van der Waals surface area (Å²) in [7, 11) is 0. The Kier molecular flexibility index (Phi) is 1.95. The average molecular weight is 219 g/mol. The Labute approximate surface area is 91.5 Å². The van der Waals surface area contributed by atoms with Gasteiger partial charge < -0.3 is 5.32 Å². The van der Waals surface area contributed by atoms with E-state index in [4.69, 9.17) is 0 Å². The molecule has 84 valence electrons. The highest BCUT2D eigenvalue weighted by Crippen LogP contribution is 2.33. The molecule has 2 aromatic heterocycles. The van der Waals surface area contributed by atoms with E-state index in [2.05, 4.69) is 32.4 Å². The summed E-state index contributed by atoms with van der Waals surface area (Å²) in [6.45, 7) is 2.11. The molecule has 0 radical (unpaired) electrons. The Morgan fingerprint density at radius 1 is 1.56 bits per heavy atom. The molecule has 1 unspecified atom stereocenters. The normalized spacial score (nSPS) is 17.6. The average Bonchev–Trinajstić information content (AvgIpc) is 2.98. The van der Waals surface area contributed by atoms with Gasteiger partial charge in [-0.3, -0.25) is 14.9 Å². The summed E-state index contributed by atoms with van der Waals surface area (Å²) in [6, 6.07) is 0.350. The third kappa shape index (κ3) is 1.56. The minimum Gasteiger partial charge on any atom is -0.353 e. The lowest BCUT2D eigenvalue weighted by Crippen LogP contribution is -2.21. The first kappa shape index (κ1) is 9.38. The molecular formula is C10H13N5O. The molecular weight excluding hydrogens is 206 g/mol. The van der Waals surface area contributed by atoms with Crippen LogP contribution in [0.15, 0.2) is 11.0 Å².